The molecule has 0 saturated carbocycles. The van der Waals surface area contributed by atoms with E-state index in [-0.39, 0.29) is 17.6 Å². The van der Waals surface area contributed by atoms with E-state index in [0.717, 1.165) is 18.1 Å². The second kappa shape index (κ2) is 6.23. The monoisotopic (exact) mass is 307 g/mol. The molecule has 1 aromatic heterocycles. The van der Waals surface area contributed by atoms with Gasteiger partial charge in [-0.25, -0.2) is 14.1 Å². The molecule has 0 radical (unpaired) electrons. The fourth-order valence-electron chi connectivity index (χ4n) is 2.07. The lowest BCUT2D eigenvalue weighted by Crippen LogP contribution is -2.46. The SMILES string of the molecule is O=C(Nc1ccc(-n2cncn2)c(F)c1)C1CSCCN1. The van der Waals surface area contributed by atoms with Gasteiger partial charge in [-0.1, -0.05) is 0 Å². The molecule has 6 nitrogen and oxygen atoms in total. The number of carbonyl (C=O) groups is 1. The van der Waals surface area contributed by atoms with Crippen molar-refractivity contribution in [2.75, 3.05) is 23.4 Å². The van der Waals surface area contributed by atoms with E-state index in [1.807, 2.05) is 0 Å². The fourth-order valence-corrected chi connectivity index (χ4v) is 3.00. The Kier molecular flexibility index (Phi) is 4.16. The average Bonchev–Trinajstić information content (AvgIpc) is 3.02. The van der Waals surface area contributed by atoms with Crippen molar-refractivity contribution in [2.45, 2.75) is 6.04 Å². The van der Waals surface area contributed by atoms with E-state index in [2.05, 4.69) is 20.7 Å². The maximum atomic E-state index is 14.0. The standard InChI is InChI=1S/C13H14FN5OS/c14-10-5-9(1-2-12(10)19-8-15-7-17-19)18-13(20)11-6-21-4-3-16-11/h1-2,5,7-8,11,16H,3-4,6H2,(H,18,20). The van der Waals surface area contributed by atoms with Crippen LogP contribution in [0.2, 0.25) is 0 Å². The summed E-state index contributed by atoms with van der Waals surface area (Å²) in [5.41, 5.74) is 0.718. The van der Waals surface area contributed by atoms with Gasteiger partial charge in [0.1, 0.15) is 18.3 Å². The molecule has 1 aromatic carbocycles. The van der Waals surface area contributed by atoms with Crippen LogP contribution in [0.4, 0.5) is 10.1 Å². The minimum absolute atomic E-state index is 0.143. The van der Waals surface area contributed by atoms with Gasteiger partial charge in [0.15, 0.2) is 5.82 Å². The Bertz CT molecular complexity index is 627. The van der Waals surface area contributed by atoms with Gasteiger partial charge in [0.25, 0.3) is 0 Å². The van der Waals surface area contributed by atoms with Crippen molar-refractivity contribution in [3.05, 3.63) is 36.7 Å². The van der Waals surface area contributed by atoms with Crippen LogP contribution in [0.15, 0.2) is 30.9 Å². The number of nitrogens with zero attached hydrogens (tertiary/aromatic N) is 3. The first-order valence-corrected chi connectivity index (χ1v) is 7.66. The molecule has 3 rings (SSSR count). The van der Waals surface area contributed by atoms with Gasteiger partial charge in [0.05, 0.1) is 6.04 Å². The van der Waals surface area contributed by atoms with Gasteiger partial charge in [-0.2, -0.15) is 16.9 Å². The van der Waals surface area contributed by atoms with E-state index >= 15 is 0 Å². The van der Waals surface area contributed by atoms with Crippen LogP contribution < -0.4 is 10.6 Å². The van der Waals surface area contributed by atoms with E-state index in [0.29, 0.717) is 5.69 Å². The van der Waals surface area contributed by atoms with Gasteiger partial charge in [-0.05, 0) is 18.2 Å². The molecule has 1 unspecified atom stereocenters. The number of rotatable bonds is 3. The first-order valence-electron chi connectivity index (χ1n) is 6.50. The van der Waals surface area contributed by atoms with Crippen LogP contribution >= 0.6 is 11.8 Å². The Labute approximate surface area is 125 Å². The third kappa shape index (κ3) is 3.22. The number of thioether (sulfide) groups is 1. The van der Waals surface area contributed by atoms with Crippen LogP contribution in [0.3, 0.4) is 0 Å². The van der Waals surface area contributed by atoms with Crippen LogP contribution in [-0.4, -0.2) is 44.8 Å². The predicted octanol–water partition coefficient (Wildman–Crippen LogP) is 1.05. The first-order chi connectivity index (χ1) is 10.2. The van der Waals surface area contributed by atoms with Crippen LogP contribution in [-0.2, 0) is 4.79 Å². The number of hydrogen-bond acceptors (Lipinski definition) is 5. The van der Waals surface area contributed by atoms with Crippen molar-refractivity contribution >= 4 is 23.4 Å². The maximum absolute atomic E-state index is 14.0. The highest BCUT2D eigenvalue weighted by Gasteiger charge is 2.21. The molecule has 0 bridgehead atoms. The first kappa shape index (κ1) is 14.0. The van der Waals surface area contributed by atoms with Crippen LogP contribution in [0, 0.1) is 5.82 Å². The highest BCUT2D eigenvalue weighted by atomic mass is 32.2. The van der Waals surface area contributed by atoms with Crippen molar-refractivity contribution in [2.24, 2.45) is 0 Å². The Morgan fingerprint density at radius 3 is 3.10 bits per heavy atom. The molecule has 8 heteroatoms. The summed E-state index contributed by atoms with van der Waals surface area (Å²) in [7, 11) is 0. The van der Waals surface area contributed by atoms with Crippen LogP contribution in [0.25, 0.3) is 5.69 Å². The molecule has 1 amide bonds. The Morgan fingerprint density at radius 2 is 2.43 bits per heavy atom. The minimum atomic E-state index is -0.468. The van der Waals surface area contributed by atoms with Crippen molar-refractivity contribution in [3.63, 3.8) is 0 Å². The summed E-state index contributed by atoms with van der Waals surface area (Å²) in [6.07, 6.45) is 2.75. The predicted molar refractivity (Wildman–Crippen MR) is 79.1 cm³/mol. The smallest absolute Gasteiger partial charge is 0.242 e. The van der Waals surface area contributed by atoms with Gasteiger partial charge in [-0.3, -0.25) is 4.79 Å². The van der Waals surface area contributed by atoms with Crippen LogP contribution in [0.5, 0.6) is 0 Å². The zero-order valence-electron chi connectivity index (χ0n) is 11.1. The Hall–Kier alpha value is -1.93. The molecule has 1 atom stereocenters. The third-order valence-electron chi connectivity index (χ3n) is 3.12. The van der Waals surface area contributed by atoms with Crippen molar-refractivity contribution in [1.29, 1.82) is 0 Å². The zero-order valence-corrected chi connectivity index (χ0v) is 11.9. The minimum Gasteiger partial charge on any atom is -0.325 e. The summed E-state index contributed by atoms with van der Waals surface area (Å²) in [6.45, 7) is 0.808. The van der Waals surface area contributed by atoms with E-state index in [4.69, 9.17) is 0 Å². The summed E-state index contributed by atoms with van der Waals surface area (Å²) in [6, 6.07) is 4.25. The lowest BCUT2D eigenvalue weighted by molar-refractivity contribution is -0.117. The number of nitrogens with one attached hydrogen (secondary N) is 2. The van der Waals surface area contributed by atoms with Gasteiger partial charge in [0, 0.05) is 23.7 Å². The quantitative estimate of drug-likeness (QED) is 0.887. The molecule has 21 heavy (non-hydrogen) atoms. The Balaban J connectivity index is 1.72. The molecule has 1 fully saturated rings. The van der Waals surface area contributed by atoms with Gasteiger partial charge in [-0.15, -0.1) is 0 Å². The van der Waals surface area contributed by atoms with Crippen LogP contribution in [0.1, 0.15) is 0 Å². The molecular weight excluding hydrogens is 293 g/mol. The maximum Gasteiger partial charge on any atom is 0.242 e. The molecular formula is C13H14FN5OS. The zero-order chi connectivity index (χ0) is 14.7. The molecule has 110 valence electrons. The lowest BCUT2D eigenvalue weighted by atomic mass is 10.2. The summed E-state index contributed by atoms with van der Waals surface area (Å²) in [4.78, 5) is 15.8. The molecule has 1 aliphatic rings. The molecule has 2 heterocycles. The van der Waals surface area contributed by atoms with Gasteiger partial charge < -0.3 is 10.6 Å². The fraction of sp³-hybridized carbons (Fsp3) is 0.308. The van der Waals surface area contributed by atoms with Gasteiger partial charge in [0.2, 0.25) is 5.91 Å². The molecule has 0 aliphatic carbocycles. The number of amides is 1. The molecule has 2 N–H and O–H groups in total. The normalized spacial score (nSPS) is 18.4. The van der Waals surface area contributed by atoms with Crippen molar-refractivity contribution in [3.8, 4) is 5.69 Å². The van der Waals surface area contributed by atoms with E-state index in [1.54, 1.807) is 23.9 Å². The molecule has 0 spiro atoms. The number of halogens is 1. The summed E-state index contributed by atoms with van der Waals surface area (Å²) >= 11 is 1.73. The number of hydrogen-bond donors (Lipinski definition) is 2. The largest absolute Gasteiger partial charge is 0.325 e. The molecule has 1 aliphatic heterocycles. The van der Waals surface area contributed by atoms with Crippen molar-refractivity contribution in [1.82, 2.24) is 20.1 Å². The lowest BCUT2D eigenvalue weighted by Gasteiger charge is -2.22. The highest BCUT2D eigenvalue weighted by molar-refractivity contribution is 7.99. The number of aromatic nitrogens is 3. The van der Waals surface area contributed by atoms with E-state index in [1.165, 1.54) is 23.4 Å². The van der Waals surface area contributed by atoms with Crippen molar-refractivity contribution < 1.29 is 9.18 Å². The summed E-state index contributed by atoms with van der Waals surface area (Å²) in [5.74, 6) is 1.12. The number of benzene rings is 1. The van der Waals surface area contributed by atoms with Gasteiger partial charge >= 0.3 is 0 Å². The number of carbonyl (C=O) groups excluding carboxylic acids is 1. The number of anilines is 1. The molecule has 1 saturated heterocycles. The second-order valence-corrected chi connectivity index (χ2v) is 5.73. The summed E-state index contributed by atoms with van der Waals surface area (Å²) < 4.78 is 15.4. The average molecular weight is 307 g/mol. The van der Waals surface area contributed by atoms with E-state index in [9.17, 15) is 9.18 Å². The Morgan fingerprint density at radius 1 is 1.52 bits per heavy atom. The topological polar surface area (TPSA) is 71.8 Å². The highest BCUT2D eigenvalue weighted by Crippen LogP contribution is 2.18. The molecule has 2 aromatic rings. The van der Waals surface area contributed by atoms with E-state index < -0.39 is 5.82 Å². The second-order valence-electron chi connectivity index (χ2n) is 4.58. The third-order valence-corrected chi connectivity index (χ3v) is 4.18. The summed E-state index contributed by atoms with van der Waals surface area (Å²) in [5, 5.41) is 9.74.